The lowest BCUT2D eigenvalue weighted by Gasteiger charge is -2.13. The van der Waals surface area contributed by atoms with Gasteiger partial charge in [-0.05, 0) is 161 Å². The van der Waals surface area contributed by atoms with E-state index in [2.05, 4.69) is 80.1 Å². The molecule has 0 saturated heterocycles. The van der Waals surface area contributed by atoms with Crippen LogP contribution in [-0.2, 0) is 4.79 Å². The molecule has 29 heavy (non-hydrogen) atoms. The van der Waals surface area contributed by atoms with Gasteiger partial charge in [0, 0.05) is 10.9 Å². The molecule has 0 saturated carbocycles. The summed E-state index contributed by atoms with van der Waals surface area (Å²) >= 11 is 6.44. The fourth-order valence-corrected chi connectivity index (χ4v) is 6.04. The third-order valence-corrected chi connectivity index (χ3v) is 9.51. The molecule has 0 aromatic carbocycles. The molecular weight excluding hydrogens is 535 g/mol. The van der Waals surface area contributed by atoms with E-state index in [0.29, 0.717) is 0 Å². The molecule has 0 bridgehead atoms. The van der Waals surface area contributed by atoms with Crippen molar-refractivity contribution in [1.29, 1.82) is 0 Å². The molecule has 3 rings (SSSR count). The highest BCUT2D eigenvalue weighted by Crippen LogP contribution is 2.51. The first-order valence-electron chi connectivity index (χ1n) is 10.2. The first-order chi connectivity index (χ1) is 13.5. The number of carbonyl (C=O) groups excluding carboxylic acids is 1. The highest BCUT2D eigenvalue weighted by Gasteiger charge is 2.32. The molecule has 3 heteroatoms. The van der Waals surface area contributed by atoms with Gasteiger partial charge in [-0.15, -0.1) is 0 Å². The standard InChI is InChI=1S/C26H30BrIO/c1-12(19(8)29)13(2)20-9-21(15(4)14(20)3)24-10-22(18(7)26(24)27)23-11-25(28)17(6)16(23)5/h9-11H2,1-8H3/b13-12+. The smallest absolute Gasteiger partial charge is 0.155 e. The molecular formula is C26H30BrIO. The van der Waals surface area contributed by atoms with Gasteiger partial charge in [-0.3, -0.25) is 4.79 Å². The van der Waals surface area contributed by atoms with Crippen LogP contribution in [0.4, 0.5) is 0 Å². The number of carbonyl (C=O) groups is 1. The normalized spacial score (nSPS) is 21.6. The minimum absolute atomic E-state index is 0.163. The Morgan fingerprint density at radius 3 is 1.76 bits per heavy atom. The largest absolute Gasteiger partial charge is 0.295 e. The number of hydrogen-bond acceptors (Lipinski definition) is 1. The molecule has 154 valence electrons. The Balaban J connectivity index is 1.94. The summed E-state index contributed by atoms with van der Waals surface area (Å²) in [7, 11) is 0. The number of rotatable bonds is 4. The van der Waals surface area contributed by atoms with Crippen LogP contribution in [0.1, 0.15) is 74.7 Å². The summed E-state index contributed by atoms with van der Waals surface area (Å²) in [6, 6.07) is 0. The van der Waals surface area contributed by atoms with Crippen molar-refractivity contribution in [2.45, 2.75) is 74.7 Å². The van der Waals surface area contributed by atoms with Crippen molar-refractivity contribution in [3.8, 4) is 0 Å². The van der Waals surface area contributed by atoms with Crippen LogP contribution in [0, 0.1) is 0 Å². The first-order valence-corrected chi connectivity index (χ1v) is 12.1. The van der Waals surface area contributed by atoms with Crippen LogP contribution in [0.3, 0.4) is 0 Å². The first kappa shape index (κ1) is 22.7. The van der Waals surface area contributed by atoms with Gasteiger partial charge in [0.2, 0.25) is 0 Å². The van der Waals surface area contributed by atoms with Gasteiger partial charge < -0.3 is 0 Å². The van der Waals surface area contributed by atoms with Crippen molar-refractivity contribution >= 4 is 44.3 Å². The average Bonchev–Trinajstić information content (AvgIpc) is 3.23. The third kappa shape index (κ3) is 3.78. The van der Waals surface area contributed by atoms with Gasteiger partial charge in [0.15, 0.2) is 5.78 Å². The second kappa shape index (κ2) is 8.30. The van der Waals surface area contributed by atoms with E-state index in [0.717, 1.165) is 30.4 Å². The summed E-state index contributed by atoms with van der Waals surface area (Å²) in [5.74, 6) is 0.163. The molecule has 0 spiro atoms. The van der Waals surface area contributed by atoms with Gasteiger partial charge in [-0.25, -0.2) is 0 Å². The predicted octanol–water partition coefficient (Wildman–Crippen LogP) is 8.75. The molecule has 0 amide bonds. The van der Waals surface area contributed by atoms with Crippen molar-refractivity contribution in [3.05, 3.63) is 74.9 Å². The molecule has 0 aromatic heterocycles. The Bertz CT molecular complexity index is 1060. The van der Waals surface area contributed by atoms with Gasteiger partial charge in [0.25, 0.3) is 0 Å². The van der Waals surface area contributed by atoms with E-state index in [1.54, 1.807) is 6.92 Å². The summed E-state index contributed by atoms with van der Waals surface area (Å²) in [6.45, 7) is 16.9. The molecule has 1 nitrogen and oxygen atoms in total. The predicted molar refractivity (Wildman–Crippen MR) is 136 cm³/mol. The zero-order valence-corrected chi connectivity index (χ0v) is 22.5. The zero-order chi connectivity index (χ0) is 21.8. The quantitative estimate of drug-likeness (QED) is 0.246. The lowest BCUT2D eigenvalue weighted by Crippen LogP contribution is -1.99. The van der Waals surface area contributed by atoms with E-state index in [1.807, 2.05) is 6.92 Å². The molecule has 0 heterocycles. The molecule has 0 atom stereocenters. The van der Waals surface area contributed by atoms with E-state index in [9.17, 15) is 4.79 Å². The Kier molecular flexibility index (Phi) is 6.51. The maximum atomic E-state index is 11.9. The monoisotopic (exact) mass is 564 g/mol. The Hall–Kier alpha value is -0.940. The molecule has 0 fully saturated rings. The van der Waals surface area contributed by atoms with E-state index in [1.165, 1.54) is 63.8 Å². The average molecular weight is 565 g/mol. The van der Waals surface area contributed by atoms with Gasteiger partial charge in [0.05, 0.1) is 0 Å². The molecule has 0 N–H and O–H groups in total. The van der Waals surface area contributed by atoms with Gasteiger partial charge >= 0.3 is 0 Å². The Morgan fingerprint density at radius 2 is 1.24 bits per heavy atom. The highest BCUT2D eigenvalue weighted by molar-refractivity contribution is 14.1. The molecule has 3 aliphatic carbocycles. The van der Waals surface area contributed by atoms with E-state index in [4.69, 9.17) is 0 Å². The Morgan fingerprint density at radius 1 is 0.724 bits per heavy atom. The summed E-state index contributed by atoms with van der Waals surface area (Å²) in [5.41, 5.74) is 16.2. The van der Waals surface area contributed by atoms with Crippen molar-refractivity contribution in [1.82, 2.24) is 0 Å². The van der Waals surface area contributed by atoms with Crippen molar-refractivity contribution in [3.63, 3.8) is 0 Å². The van der Waals surface area contributed by atoms with E-state index >= 15 is 0 Å². The summed E-state index contributed by atoms with van der Waals surface area (Å²) in [6.07, 6.45) is 2.99. The minimum Gasteiger partial charge on any atom is -0.295 e. The van der Waals surface area contributed by atoms with Crippen LogP contribution in [0.15, 0.2) is 74.9 Å². The van der Waals surface area contributed by atoms with Crippen LogP contribution >= 0.6 is 38.5 Å². The molecule has 0 aromatic rings. The second-order valence-corrected chi connectivity index (χ2v) is 10.7. The number of allylic oxidation sites excluding steroid dienone is 14. The van der Waals surface area contributed by atoms with Crippen molar-refractivity contribution < 1.29 is 4.79 Å². The summed E-state index contributed by atoms with van der Waals surface area (Å²) in [5, 5.41) is 0. The van der Waals surface area contributed by atoms with Gasteiger partial charge in [0.1, 0.15) is 0 Å². The van der Waals surface area contributed by atoms with Crippen molar-refractivity contribution in [2.75, 3.05) is 0 Å². The lowest BCUT2D eigenvalue weighted by molar-refractivity contribution is -0.113. The molecule has 0 radical (unpaired) electrons. The topological polar surface area (TPSA) is 17.1 Å². The molecule has 0 aliphatic heterocycles. The highest BCUT2D eigenvalue weighted by atomic mass is 127. The SMILES string of the molecule is CC(=O)/C(C)=C(\C)C1=C(C)C(C)=C(C2=C(Br)C(C)=C(C3=C(C)C(C)=C(I)C3)C2)C1. The summed E-state index contributed by atoms with van der Waals surface area (Å²) < 4.78 is 2.73. The fourth-order valence-electron chi connectivity index (χ4n) is 4.63. The number of ketones is 1. The minimum atomic E-state index is 0.163. The number of Topliss-reactive ketones (excluding diaryl/α,β-unsaturated/α-hetero) is 1. The van der Waals surface area contributed by atoms with Crippen LogP contribution in [-0.4, -0.2) is 5.78 Å². The lowest BCUT2D eigenvalue weighted by atomic mass is 9.92. The van der Waals surface area contributed by atoms with E-state index in [-0.39, 0.29) is 5.78 Å². The third-order valence-electron chi connectivity index (χ3n) is 7.25. The fraction of sp³-hybridized carbons (Fsp3) is 0.423. The maximum absolute atomic E-state index is 11.9. The van der Waals surface area contributed by atoms with Gasteiger partial charge in [-0.2, -0.15) is 0 Å². The molecule has 0 unspecified atom stereocenters. The van der Waals surface area contributed by atoms with Crippen LogP contribution in [0.2, 0.25) is 0 Å². The van der Waals surface area contributed by atoms with Crippen LogP contribution in [0.25, 0.3) is 0 Å². The molecule has 3 aliphatic rings. The Labute approximate surface area is 197 Å². The van der Waals surface area contributed by atoms with Crippen LogP contribution in [0.5, 0.6) is 0 Å². The summed E-state index contributed by atoms with van der Waals surface area (Å²) in [4.78, 5) is 11.9. The zero-order valence-electron chi connectivity index (χ0n) is 18.8. The second-order valence-electron chi connectivity index (χ2n) is 8.57. The number of hydrogen-bond donors (Lipinski definition) is 0. The maximum Gasteiger partial charge on any atom is 0.155 e. The number of halogens is 2. The van der Waals surface area contributed by atoms with Crippen LogP contribution < -0.4 is 0 Å². The van der Waals surface area contributed by atoms with E-state index < -0.39 is 0 Å². The van der Waals surface area contributed by atoms with Crippen molar-refractivity contribution in [2.24, 2.45) is 0 Å². The van der Waals surface area contributed by atoms with Gasteiger partial charge in [-0.1, -0.05) is 15.9 Å².